The average molecular weight is 840 g/mol. The average Bonchev–Trinajstić information content (AvgIpc) is 3.20. The second-order valence-electron chi connectivity index (χ2n) is 15.2. The molecule has 3 atom stereocenters. The molecule has 1 amide bonds. The van der Waals surface area contributed by atoms with Crippen LogP contribution in [0.5, 0.6) is 0 Å². The summed E-state index contributed by atoms with van der Waals surface area (Å²) in [5.41, 5.74) is 0. The molecule has 0 aromatic rings. The van der Waals surface area contributed by atoms with Crippen LogP contribution in [0.2, 0.25) is 0 Å². The lowest BCUT2D eigenvalue weighted by molar-refractivity contribution is -0.147. The van der Waals surface area contributed by atoms with Gasteiger partial charge in [0.1, 0.15) is 12.7 Å². The summed E-state index contributed by atoms with van der Waals surface area (Å²) in [5, 5.41) is 21.8. The maximum Gasteiger partial charge on any atom is 0.472 e. The summed E-state index contributed by atoms with van der Waals surface area (Å²) >= 11 is 0. The molecule has 4 N–H and O–H groups in total. The van der Waals surface area contributed by atoms with Crippen molar-refractivity contribution in [3.8, 4) is 0 Å². The minimum Gasteiger partial charge on any atom is -0.480 e. The second-order valence-corrected chi connectivity index (χ2v) is 16.7. The standard InChI is InChI=1S/C46H82NO10P/c1-3-5-7-9-11-13-15-17-19-21-23-25-27-29-31-33-35-37-44(49)47-43(46(51)52)41-57-58(53,54)56-40-42(48)39-55-45(50)38-36-34-32-30-28-26-24-22-20-18-16-14-12-10-8-6-4-2/h5,7,11,13,17-20,42-43,48H,3-4,6,8-10,12,14-16,21-41H2,1-2H3,(H,47,49)(H,51,52)(H,53,54)/b7-5-,13-11-,19-17-,20-18-. The number of esters is 1. The first kappa shape index (κ1) is 55.4. The Morgan fingerprint density at radius 3 is 1.52 bits per heavy atom. The van der Waals surface area contributed by atoms with Crippen LogP contribution in [0.25, 0.3) is 0 Å². The van der Waals surface area contributed by atoms with Gasteiger partial charge in [-0.15, -0.1) is 0 Å². The Hall–Kier alpha value is -2.56. The number of aliphatic hydroxyl groups excluding tert-OH is 1. The molecule has 0 fully saturated rings. The predicted molar refractivity (Wildman–Crippen MR) is 235 cm³/mol. The minimum atomic E-state index is -4.76. The van der Waals surface area contributed by atoms with E-state index in [1.54, 1.807) is 0 Å². The monoisotopic (exact) mass is 840 g/mol. The topological polar surface area (TPSA) is 169 Å². The van der Waals surface area contributed by atoms with E-state index in [-0.39, 0.29) is 12.8 Å². The molecule has 0 aliphatic carbocycles. The van der Waals surface area contributed by atoms with Gasteiger partial charge < -0.3 is 25.2 Å². The van der Waals surface area contributed by atoms with Crippen LogP contribution in [0, 0.1) is 0 Å². The van der Waals surface area contributed by atoms with E-state index in [1.165, 1.54) is 64.2 Å². The Morgan fingerprint density at radius 2 is 1.00 bits per heavy atom. The number of carbonyl (C=O) groups excluding carboxylic acids is 2. The Labute approximate surface area is 352 Å². The first-order valence-corrected chi connectivity index (χ1v) is 24.2. The van der Waals surface area contributed by atoms with Crippen molar-refractivity contribution < 1.29 is 47.8 Å². The van der Waals surface area contributed by atoms with Crippen molar-refractivity contribution in [2.75, 3.05) is 19.8 Å². The lowest BCUT2D eigenvalue weighted by Crippen LogP contribution is -2.43. The molecular weight excluding hydrogens is 757 g/mol. The zero-order valence-corrected chi connectivity index (χ0v) is 37.2. The van der Waals surface area contributed by atoms with Crippen LogP contribution in [0.15, 0.2) is 48.6 Å². The zero-order chi connectivity index (χ0) is 42.8. The van der Waals surface area contributed by atoms with Gasteiger partial charge in [0.05, 0.1) is 13.2 Å². The Morgan fingerprint density at radius 1 is 0.569 bits per heavy atom. The van der Waals surface area contributed by atoms with Gasteiger partial charge in [-0.25, -0.2) is 9.36 Å². The van der Waals surface area contributed by atoms with Crippen LogP contribution < -0.4 is 5.32 Å². The highest BCUT2D eigenvalue weighted by molar-refractivity contribution is 7.47. The molecule has 0 aromatic heterocycles. The van der Waals surface area contributed by atoms with Gasteiger partial charge in [0, 0.05) is 12.8 Å². The molecule has 58 heavy (non-hydrogen) atoms. The third-order valence-corrected chi connectivity index (χ3v) is 10.6. The Bertz CT molecular complexity index is 1170. The number of carboxylic acids is 1. The summed E-state index contributed by atoms with van der Waals surface area (Å²) in [5.74, 6) is -2.39. The fourth-order valence-electron chi connectivity index (χ4n) is 6.09. The summed E-state index contributed by atoms with van der Waals surface area (Å²) in [4.78, 5) is 46.0. The lowest BCUT2D eigenvalue weighted by atomic mass is 10.1. The van der Waals surface area contributed by atoms with Crippen molar-refractivity contribution in [1.29, 1.82) is 0 Å². The molecule has 0 radical (unpaired) electrons. The highest BCUT2D eigenvalue weighted by atomic mass is 31.2. The van der Waals surface area contributed by atoms with Gasteiger partial charge >= 0.3 is 19.8 Å². The predicted octanol–water partition coefficient (Wildman–Crippen LogP) is 11.8. The Balaban J connectivity index is 3.90. The maximum atomic E-state index is 12.3. The maximum absolute atomic E-state index is 12.3. The molecule has 0 bridgehead atoms. The van der Waals surface area contributed by atoms with Crippen LogP contribution >= 0.6 is 7.82 Å². The van der Waals surface area contributed by atoms with Crippen molar-refractivity contribution in [3.05, 3.63) is 48.6 Å². The highest BCUT2D eigenvalue weighted by Crippen LogP contribution is 2.43. The molecule has 0 spiro atoms. The third-order valence-electron chi connectivity index (χ3n) is 9.60. The number of unbranched alkanes of at least 4 members (excludes halogenated alkanes) is 20. The smallest absolute Gasteiger partial charge is 0.472 e. The molecular formula is C46H82NO10P. The normalized spacial score (nSPS) is 14.1. The molecule has 0 aliphatic heterocycles. The van der Waals surface area contributed by atoms with Gasteiger partial charge in [-0.1, -0.05) is 159 Å². The van der Waals surface area contributed by atoms with Gasteiger partial charge in [0.15, 0.2) is 6.04 Å². The number of phosphoric ester groups is 1. The molecule has 12 heteroatoms. The molecule has 0 saturated carbocycles. The summed E-state index contributed by atoms with van der Waals surface area (Å²) in [7, 11) is -4.76. The van der Waals surface area contributed by atoms with Crippen molar-refractivity contribution in [3.63, 3.8) is 0 Å². The Kier molecular flexibility index (Phi) is 39.4. The van der Waals surface area contributed by atoms with E-state index in [9.17, 15) is 34.1 Å². The second kappa shape index (κ2) is 41.2. The van der Waals surface area contributed by atoms with E-state index in [0.717, 1.165) is 89.9 Å². The number of aliphatic hydroxyl groups is 1. The van der Waals surface area contributed by atoms with E-state index in [0.29, 0.717) is 12.8 Å². The quantitative estimate of drug-likeness (QED) is 0.0201. The molecule has 11 nitrogen and oxygen atoms in total. The fourth-order valence-corrected chi connectivity index (χ4v) is 6.86. The molecule has 0 saturated heterocycles. The number of aliphatic carboxylic acids is 1. The van der Waals surface area contributed by atoms with Crippen molar-refractivity contribution in [2.24, 2.45) is 0 Å². The van der Waals surface area contributed by atoms with Gasteiger partial charge in [0.2, 0.25) is 5.91 Å². The number of nitrogens with one attached hydrogen (secondary N) is 1. The summed E-state index contributed by atoms with van der Waals surface area (Å²) in [6.07, 6.45) is 45.6. The summed E-state index contributed by atoms with van der Waals surface area (Å²) in [6.45, 7) is 2.47. The molecule has 0 aliphatic rings. The van der Waals surface area contributed by atoms with Crippen LogP contribution in [0.1, 0.15) is 194 Å². The molecule has 3 unspecified atom stereocenters. The number of phosphoric acid groups is 1. The number of hydrogen-bond donors (Lipinski definition) is 4. The zero-order valence-electron chi connectivity index (χ0n) is 36.3. The van der Waals surface area contributed by atoms with Gasteiger partial charge in [-0.3, -0.25) is 18.6 Å². The SMILES string of the molecule is CC/C=C\C/C=C\C/C=C\CCCCCCCCCC(=O)NC(COP(=O)(O)OCC(O)COC(=O)CCCCCCCCC/C=C\CCCCCCCC)C(=O)O. The molecule has 0 heterocycles. The number of carbonyl (C=O) groups is 3. The van der Waals surface area contributed by atoms with E-state index >= 15 is 0 Å². The number of amides is 1. The third kappa shape index (κ3) is 40.2. The first-order chi connectivity index (χ1) is 28.1. The van der Waals surface area contributed by atoms with Gasteiger partial charge in [-0.2, -0.15) is 0 Å². The number of hydrogen-bond acceptors (Lipinski definition) is 8. The van der Waals surface area contributed by atoms with E-state index in [4.69, 9.17) is 13.8 Å². The number of ether oxygens (including phenoxy) is 1. The van der Waals surface area contributed by atoms with E-state index < -0.39 is 57.6 Å². The van der Waals surface area contributed by atoms with Crippen molar-refractivity contribution >= 4 is 25.7 Å². The van der Waals surface area contributed by atoms with Crippen molar-refractivity contribution in [2.45, 2.75) is 206 Å². The number of allylic oxidation sites excluding steroid dienone is 8. The largest absolute Gasteiger partial charge is 0.480 e. The van der Waals surface area contributed by atoms with Crippen LogP contribution in [0.4, 0.5) is 0 Å². The molecule has 0 aromatic carbocycles. The molecule has 336 valence electrons. The molecule has 0 rings (SSSR count). The minimum absolute atomic E-state index is 0.133. The first-order valence-electron chi connectivity index (χ1n) is 22.7. The summed E-state index contributed by atoms with van der Waals surface area (Å²) < 4.78 is 26.9. The van der Waals surface area contributed by atoms with Crippen LogP contribution in [0.3, 0.4) is 0 Å². The van der Waals surface area contributed by atoms with Gasteiger partial charge in [0.25, 0.3) is 0 Å². The van der Waals surface area contributed by atoms with Crippen molar-refractivity contribution in [1.82, 2.24) is 5.32 Å². The number of rotatable bonds is 42. The fraction of sp³-hybridized carbons (Fsp3) is 0.761. The summed E-state index contributed by atoms with van der Waals surface area (Å²) in [6, 6.07) is -1.55. The number of carboxylic acid groups (broad SMARTS) is 1. The van der Waals surface area contributed by atoms with E-state index in [2.05, 4.69) is 67.8 Å². The van der Waals surface area contributed by atoms with Crippen LogP contribution in [-0.2, 0) is 32.7 Å². The van der Waals surface area contributed by atoms with Gasteiger partial charge in [-0.05, 0) is 70.6 Å². The van der Waals surface area contributed by atoms with E-state index in [1.807, 2.05) is 0 Å². The lowest BCUT2D eigenvalue weighted by Gasteiger charge is -2.18. The highest BCUT2D eigenvalue weighted by Gasteiger charge is 2.28. The van der Waals surface area contributed by atoms with Crippen LogP contribution in [-0.4, -0.2) is 64.9 Å².